The van der Waals surface area contributed by atoms with Crippen LogP contribution in [0.5, 0.6) is 0 Å². The van der Waals surface area contributed by atoms with Gasteiger partial charge in [-0.25, -0.2) is 4.98 Å². The second-order valence-corrected chi connectivity index (χ2v) is 26.2. The Kier molecular flexibility index (Phi) is 19.7. The van der Waals surface area contributed by atoms with Crippen molar-refractivity contribution in [3.05, 3.63) is 141 Å². The molecule has 4 aromatic carbocycles. The van der Waals surface area contributed by atoms with Crippen molar-refractivity contribution in [1.29, 1.82) is 0 Å². The average Bonchev–Trinajstić information content (AvgIpc) is 2.15. The van der Waals surface area contributed by atoms with Crippen molar-refractivity contribution in [2.24, 2.45) is 11.1 Å². The summed E-state index contributed by atoms with van der Waals surface area (Å²) < 4.78 is 17.9. The maximum atomic E-state index is 14.6. The molecule has 0 bridgehead atoms. The van der Waals surface area contributed by atoms with Crippen LogP contribution >= 0.6 is 18.9 Å². The van der Waals surface area contributed by atoms with Gasteiger partial charge in [-0.2, -0.15) is 0 Å². The zero-order valence-corrected chi connectivity index (χ0v) is 50.9. The molecule has 24 heteroatoms. The topological polar surface area (TPSA) is 333 Å². The molecule has 6 aromatic rings. The summed E-state index contributed by atoms with van der Waals surface area (Å²) in [6, 6.07) is 21.9. The first-order valence-electron chi connectivity index (χ1n) is 29.1. The van der Waals surface area contributed by atoms with Crippen molar-refractivity contribution in [3.8, 4) is 10.4 Å². The monoisotopic (exact) mass is 1230 g/mol. The van der Waals surface area contributed by atoms with Crippen molar-refractivity contribution in [3.63, 3.8) is 0 Å². The van der Waals surface area contributed by atoms with Gasteiger partial charge in [-0.15, -0.1) is 11.3 Å². The number of aryl methyl sites for hydroxylation is 3. The number of primary amides is 1. The summed E-state index contributed by atoms with van der Waals surface area (Å²) in [5, 5.41) is 22.8. The molecule has 22 nitrogen and oxygen atoms in total. The molecule has 0 aliphatic carbocycles. The molecule has 0 spiro atoms. The highest BCUT2D eigenvalue weighted by Gasteiger charge is 2.46. The average molecular weight is 1230 g/mol. The second-order valence-electron chi connectivity index (χ2n) is 23.9. The van der Waals surface area contributed by atoms with Crippen LogP contribution in [-0.2, 0) is 70.5 Å². The molecule has 0 saturated carbocycles. The third-order valence-electron chi connectivity index (χ3n) is 16.4. The fourth-order valence-electron chi connectivity index (χ4n) is 11.5. The number of rotatable bonds is 24. The Morgan fingerprint density at radius 3 is 2.29 bits per heavy atom. The van der Waals surface area contributed by atoms with E-state index >= 15 is 0 Å². The van der Waals surface area contributed by atoms with Crippen LogP contribution in [-0.4, -0.2) is 126 Å². The number of nitrogens with one attached hydrogen (secondary N) is 5. The molecule has 7 amide bonds. The lowest BCUT2D eigenvalue weighted by molar-refractivity contribution is -0.144. The zero-order valence-electron chi connectivity index (χ0n) is 49.2. The Bertz CT molecular complexity index is 3630. The number of aromatic amines is 1. The summed E-state index contributed by atoms with van der Waals surface area (Å²) >= 11 is 1.56. The molecule has 460 valence electrons. The number of β-amino-alcohol motifs (C(OH)–C–C–N with tert-alkyl or cyclic N) is 1. The normalized spacial score (nSPS) is 18.6. The van der Waals surface area contributed by atoms with Gasteiger partial charge in [0.05, 0.1) is 46.6 Å². The van der Waals surface area contributed by atoms with Crippen LogP contribution < -0.4 is 31.9 Å². The number of nitrogens with zero attached hydrogens (tertiary/aromatic N) is 3. The molecule has 0 radical (unpaired) electrons. The van der Waals surface area contributed by atoms with Gasteiger partial charge in [0.15, 0.2) is 0 Å². The molecule has 3 aliphatic rings. The molecule has 2 aromatic heterocycles. The number of aliphatic hydroxyl groups is 1. The molecule has 7 atom stereocenters. The molecule has 1 unspecified atom stereocenters. The number of aromatic nitrogens is 2. The fraction of sp³-hybridized carbons (Fsp3) is 0.413. The lowest BCUT2D eigenvalue weighted by Gasteiger charge is -2.35. The van der Waals surface area contributed by atoms with Crippen molar-refractivity contribution in [1.82, 2.24) is 36.1 Å². The number of hydrogen-bond acceptors (Lipinski definition) is 13. The number of nitrogens with two attached hydrogens (primary N) is 1. The van der Waals surface area contributed by atoms with E-state index in [0.717, 1.165) is 44.0 Å². The van der Waals surface area contributed by atoms with Crippen LogP contribution in [0.2, 0.25) is 0 Å². The highest BCUT2D eigenvalue weighted by molar-refractivity contribution is 7.70. The lowest BCUT2D eigenvalue weighted by Crippen LogP contribution is -2.57. The number of thiazole rings is 1. The summed E-state index contributed by atoms with van der Waals surface area (Å²) in [5.74, 6) is -3.32. The standard InChI is InChI=1S/C63H74N9O13PS/c1-35-55(87-34-66-35)41-19-17-38(18-20-41)31-65-58(77)50-30-45(73)32-71(50)61(80)56(63(3,4)5)70-53(75)12-7-6-9-37-13-15-39(16-14-37)33-85-36(2)46(25-26-52(64)74)68-59(78)51-29-42-11-8-10-40-21-24-48(60(79)72(51)54(40)42)69-57(76)49-28-44-27-43(22-23-47(44)67-49)62(81)86(82,83)84/h8,10-11,13-20,22-23,27-28,34,36,45-46,48,50-51,56,67,73H,6-7,9,12,21,24-26,29-33H2,1-5H3,(H2,64,74)(H,65,77)(H,68,78)(H,69,76)(H,70,75)(H2,82,83,84)/t36-,45-,46+,48+,50+,51?,56-/m1/s1. The Hall–Kier alpha value is -7.92. The SMILES string of the molecule is Cc1ncsc1-c1ccc(CNC(=O)[C@@H]2C[C@@H](O)CN2C(=O)[C@@H](NC(=O)CCCCc2ccc(CO[C@H](C)[C@H](CCC(N)=O)NC(=O)C3Cc4cccc5c4N3C(=O)[C@@H](NC(=O)c3cc4cc(C(=O)P(=O)(O)O)ccc4[nH]3)CC5)cc2)C(C)(C)C)cc1. The van der Waals surface area contributed by atoms with Crippen molar-refractivity contribution >= 4 is 82.4 Å². The first-order valence-corrected chi connectivity index (χ1v) is 31.6. The number of carbonyl (C=O) groups excluding carboxylic acids is 8. The van der Waals surface area contributed by atoms with Crippen molar-refractivity contribution in [2.75, 3.05) is 11.4 Å². The number of amides is 7. The molecule has 1 saturated heterocycles. The predicted octanol–water partition coefficient (Wildman–Crippen LogP) is 5.80. The van der Waals surface area contributed by atoms with E-state index in [0.29, 0.717) is 42.3 Å². The van der Waals surface area contributed by atoms with Crippen molar-refractivity contribution < 1.29 is 62.6 Å². The minimum absolute atomic E-state index is 0.0287. The predicted molar refractivity (Wildman–Crippen MR) is 326 cm³/mol. The lowest BCUT2D eigenvalue weighted by atomic mass is 9.85. The fourth-order valence-corrected chi connectivity index (χ4v) is 12.8. The van der Waals surface area contributed by atoms with Gasteiger partial charge in [0, 0.05) is 55.2 Å². The van der Waals surface area contributed by atoms with Gasteiger partial charge in [0.25, 0.3) is 11.4 Å². The highest BCUT2D eigenvalue weighted by atomic mass is 32.1. The maximum absolute atomic E-state index is 14.6. The number of carbonyl (C=O) groups is 8. The van der Waals surface area contributed by atoms with Crippen LogP contribution in [0.3, 0.4) is 0 Å². The molecule has 3 aliphatic heterocycles. The maximum Gasteiger partial charge on any atom is 0.396 e. The van der Waals surface area contributed by atoms with E-state index in [9.17, 15) is 57.8 Å². The Morgan fingerprint density at radius 2 is 1.60 bits per heavy atom. The van der Waals surface area contributed by atoms with Gasteiger partial charge in [0.1, 0.15) is 29.9 Å². The largest absolute Gasteiger partial charge is 0.396 e. The number of hydrogen-bond donors (Lipinski definition) is 9. The zero-order chi connectivity index (χ0) is 62.5. The summed E-state index contributed by atoms with van der Waals surface area (Å²) in [6.07, 6.45) is 1.54. The molecule has 1 fully saturated rings. The Balaban J connectivity index is 0.750. The van der Waals surface area contributed by atoms with E-state index in [-0.39, 0.29) is 81.3 Å². The molecular formula is C63H74N9O13PS. The van der Waals surface area contributed by atoms with E-state index in [1.165, 1.54) is 34.1 Å². The molecule has 87 heavy (non-hydrogen) atoms. The number of anilines is 1. The van der Waals surface area contributed by atoms with Gasteiger partial charge in [-0.3, -0.25) is 47.8 Å². The van der Waals surface area contributed by atoms with Gasteiger partial charge >= 0.3 is 7.60 Å². The Labute approximate surface area is 507 Å². The summed E-state index contributed by atoms with van der Waals surface area (Å²) in [5.41, 5.74) is 12.5. The molecule has 9 rings (SSSR count). The highest BCUT2D eigenvalue weighted by Crippen LogP contribution is 2.41. The van der Waals surface area contributed by atoms with Crippen molar-refractivity contribution in [2.45, 2.75) is 154 Å². The van der Waals surface area contributed by atoms with E-state index < -0.39 is 90.5 Å². The number of para-hydroxylation sites is 1. The third kappa shape index (κ3) is 15.3. The van der Waals surface area contributed by atoms with Gasteiger partial charge in [0.2, 0.25) is 35.4 Å². The number of H-pyrrole nitrogens is 1. The molecule has 10 N–H and O–H groups in total. The minimum Gasteiger partial charge on any atom is -0.391 e. The quantitative estimate of drug-likeness (QED) is 0.0256. The van der Waals surface area contributed by atoms with Crippen LogP contribution in [0, 0.1) is 12.3 Å². The van der Waals surface area contributed by atoms with Gasteiger partial charge in [-0.1, -0.05) is 87.5 Å². The first kappa shape index (κ1) is 63.6. The Morgan fingerprint density at radius 1 is 0.885 bits per heavy atom. The third-order valence-corrected chi connectivity index (χ3v) is 18.1. The van der Waals surface area contributed by atoms with Crippen LogP contribution in [0.4, 0.5) is 5.69 Å². The summed E-state index contributed by atoms with van der Waals surface area (Å²) in [6.45, 7) is 9.65. The van der Waals surface area contributed by atoms with E-state index in [4.69, 9.17) is 10.5 Å². The van der Waals surface area contributed by atoms with Gasteiger partial charge < -0.3 is 56.5 Å². The van der Waals surface area contributed by atoms with E-state index in [2.05, 4.69) is 31.2 Å². The number of fused-ring (bicyclic) bond motifs is 1. The number of unbranched alkanes of at least 4 members (excludes halogenated alkanes) is 1. The smallest absolute Gasteiger partial charge is 0.391 e. The van der Waals surface area contributed by atoms with Crippen LogP contribution in [0.15, 0.2) is 96.5 Å². The van der Waals surface area contributed by atoms with Crippen LogP contribution in [0.25, 0.3) is 21.3 Å². The molecular weight excluding hydrogens is 1150 g/mol. The van der Waals surface area contributed by atoms with E-state index in [1.807, 2.05) is 94.4 Å². The number of ether oxygens (including phenoxy) is 1. The second kappa shape index (κ2) is 27.0. The number of likely N-dealkylation sites (tertiary alicyclic amines) is 1. The summed E-state index contributed by atoms with van der Waals surface area (Å²) in [4.78, 5) is 138. The van der Waals surface area contributed by atoms with E-state index in [1.54, 1.807) is 23.8 Å². The van der Waals surface area contributed by atoms with Gasteiger partial charge in [-0.05, 0) is 115 Å². The van der Waals surface area contributed by atoms with Crippen LogP contribution in [0.1, 0.15) is 127 Å². The first-order chi connectivity index (χ1) is 41.3. The molecule has 5 heterocycles. The summed E-state index contributed by atoms with van der Waals surface area (Å²) in [7, 11) is -5.06. The minimum atomic E-state index is -5.06. The number of benzene rings is 4. The number of aliphatic hydroxyl groups excluding tert-OH is 1.